The number of ether oxygens (including phenoxy) is 1. The summed E-state index contributed by atoms with van der Waals surface area (Å²) in [4.78, 5) is 24.8. The Labute approximate surface area is 147 Å². The molecule has 130 valence electrons. The second kappa shape index (κ2) is 7.38. The van der Waals surface area contributed by atoms with Crippen molar-refractivity contribution in [2.75, 3.05) is 7.05 Å². The lowest BCUT2D eigenvalue weighted by atomic mass is 9.95. The van der Waals surface area contributed by atoms with Crippen molar-refractivity contribution in [2.24, 2.45) is 0 Å². The maximum Gasteiger partial charge on any atom is 0.252 e. The van der Waals surface area contributed by atoms with Crippen LogP contribution in [0.5, 0.6) is 11.5 Å². The Balaban J connectivity index is 1.69. The summed E-state index contributed by atoms with van der Waals surface area (Å²) in [5.41, 5.74) is -0.277. The molecule has 0 saturated heterocycles. The summed E-state index contributed by atoms with van der Waals surface area (Å²) in [6.07, 6.45) is 3.23. The van der Waals surface area contributed by atoms with Crippen LogP contribution in [0, 0.1) is 0 Å². The third kappa shape index (κ3) is 3.82. The second-order valence-electron chi connectivity index (χ2n) is 6.26. The fourth-order valence-electron chi connectivity index (χ4n) is 3.22. The Morgan fingerprint density at radius 3 is 2.12 bits per heavy atom. The van der Waals surface area contributed by atoms with Crippen molar-refractivity contribution >= 4 is 11.8 Å². The van der Waals surface area contributed by atoms with Crippen LogP contribution in [0.25, 0.3) is 0 Å². The number of rotatable bonds is 5. The van der Waals surface area contributed by atoms with Gasteiger partial charge in [-0.15, -0.1) is 0 Å². The highest BCUT2D eigenvalue weighted by atomic mass is 16.5. The number of nitrogens with one attached hydrogen (secondary N) is 2. The Hall–Kier alpha value is -2.82. The zero-order valence-corrected chi connectivity index (χ0v) is 14.2. The van der Waals surface area contributed by atoms with Crippen molar-refractivity contribution in [1.29, 1.82) is 0 Å². The molecule has 1 fully saturated rings. The van der Waals surface area contributed by atoms with E-state index in [-0.39, 0.29) is 11.8 Å². The molecular formula is C20H22N2O3. The van der Waals surface area contributed by atoms with Gasteiger partial charge in [-0.05, 0) is 49.2 Å². The topological polar surface area (TPSA) is 67.4 Å². The third-order valence-electron chi connectivity index (χ3n) is 4.57. The molecule has 0 unspecified atom stereocenters. The largest absolute Gasteiger partial charge is 0.457 e. The van der Waals surface area contributed by atoms with Gasteiger partial charge in [0.15, 0.2) is 0 Å². The van der Waals surface area contributed by atoms with E-state index >= 15 is 0 Å². The Morgan fingerprint density at radius 2 is 1.52 bits per heavy atom. The van der Waals surface area contributed by atoms with E-state index in [1.54, 1.807) is 31.3 Å². The number of likely N-dealkylation sites (N-methyl/N-ethyl adjacent to an activating group) is 1. The molecule has 1 aliphatic rings. The Kier molecular flexibility index (Phi) is 5.03. The van der Waals surface area contributed by atoms with Gasteiger partial charge in [-0.2, -0.15) is 0 Å². The molecule has 2 N–H and O–H groups in total. The molecule has 0 atom stereocenters. The molecule has 2 amide bonds. The number of carbonyl (C=O) groups excluding carboxylic acids is 2. The maximum absolute atomic E-state index is 12.6. The van der Waals surface area contributed by atoms with Crippen LogP contribution in [0.3, 0.4) is 0 Å². The van der Waals surface area contributed by atoms with Crippen LogP contribution in [-0.2, 0) is 4.79 Å². The molecule has 3 rings (SSSR count). The predicted molar refractivity (Wildman–Crippen MR) is 95.7 cm³/mol. The van der Waals surface area contributed by atoms with E-state index in [0.29, 0.717) is 24.2 Å². The van der Waals surface area contributed by atoms with Crippen molar-refractivity contribution in [1.82, 2.24) is 10.6 Å². The molecule has 1 saturated carbocycles. The number of hydrogen-bond donors (Lipinski definition) is 2. The first-order chi connectivity index (χ1) is 12.1. The third-order valence-corrected chi connectivity index (χ3v) is 4.57. The molecule has 5 heteroatoms. The molecule has 0 aromatic heterocycles. The fourth-order valence-corrected chi connectivity index (χ4v) is 3.22. The van der Waals surface area contributed by atoms with E-state index in [1.807, 2.05) is 30.3 Å². The first kappa shape index (κ1) is 17.0. The molecule has 0 bridgehead atoms. The number of benzene rings is 2. The van der Waals surface area contributed by atoms with E-state index in [4.69, 9.17) is 4.74 Å². The van der Waals surface area contributed by atoms with Crippen LogP contribution in [-0.4, -0.2) is 24.4 Å². The molecule has 2 aromatic rings. The first-order valence-corrected chi connectivity index (χ1v) is 8.51. The van der Waals surface area contributed by atoms with E-state index in [0.717, 1.165) is 18.6 Å². The van der Waals surface area contributed by atoms with Gasteiger partial charge < -0.3 is 15.4 Å². The quantitative estimate of drug-likeness (QED) is 0.879. The molecule has 0 aliphatic heterocycles. The van der Waals surface area contributed by atoms with Gasteiger partial charge >= 0.3 is 0 Å². The van der Waals surface area contributed by atoms with Crippen LogP contribution >= 0.6 is 0 Å². The minimum absolute atomic E-state index is 0.123. The fraction of sp³-hybridized carbons (Fsp3) is 0.300. The average molecular weight is 338 g/mol. The normalized spacial score (nSPS) is 15.4. The van der Waals surface area contributed by atoms with E-state index in [1.165, 1.54) is 0 Å². The zero-order chi connectivity index (χ0) is 17.7. The van der Waals surface area contributed by atoms with Crippen LogP contribution in [0.15, 0.2) is 54.6 Å². The van der Waals surface area contributed by atoms with Crippen LogP contribution in [0.1, 0.15) is 36.0 Å². The maximum atomic E-state index is 12.6. The SMILES string of the molecule is CNC(=O)C1(NC(=O)c2ccc(Oc3ccccc3)cc2)CCCC1. The van der Waals surface area contributed by atoms with Gasteiger partial charge in [-0.1, -0.05) is 31.0 Å². The standard InChI is InChI=1S/C20H22N2O3/c1-21-19(24)20(13-5-6-14-20)22-18(23)15-9-11-17(12-10-15)25-16-7-3-2-4-8-16/h2-4,7-12H,5-6,13-14H2,1H3,(H,21,24)(H,22,23). The van der Waals surface area contributed by atoms with Crippen LogP contribution < -0.4 is 15.4 Å². The molecule has 5 nitrogen and oxygen atoms in total. The number of carbonyl (C=O) groups is 2. The summed E-state index contributed by atoms with van der Waals surface area (Å²) in [5.74, 6) is 1.04. The molecule has 0 heterocycles. The van der Waals surface area contributed by atoms with Gasteiger partial charge in [-0.3, -0.25) is 9.59 Å². The van der Waals surface area contributed by atoms with Gasteiger partial charge in [-0.25, -0.2) is 0 Å². The lowest BCUT2D eigenvalue weighted by Crippen LogP contribution is -2.56. The van der Waals surface area contributed by atoms with Gasteiger partial charge in [0.25, 0.3) is 5.91 Å². The smallest absolute Gasteiger partial charge is 0.252 e. The van der Waals surface area contributed by atoms with E-state index in [9.17, 15) is 9.59 Å². The molecule has 25 heavy (non-hydrogen) atoms. The van der Waals surface area contributed by atoms with Gasteiger partial charge in [0.2, 0.25) is 5.91 Å². The van der Waals surface area contributed by atoms with Crippen molar-refractivity contribution in [2.45, 2.75) is 31.2 Å². The summed E-state index contributed by atoms with van der Waals surface area (Å²) in [5, 5.41) is 5.60. The van der Waals surface area contributed by atoms with Crippen molar-refractivity contribution < 1.29 is 14.3 Å². The summed E-state index contributed by atoms with van der Waals surface area (Å²) in [7, 11) is 1.60. The number of amides is 2. The predicted octanol–water partition coefficient (Wildman–Crippen LogP) is 3.27. The van der Waals surface area contributed by atoms with Crippen LogP contribution in [0.4, 0.5) is 0 Å². The highest BCUT2D eigenvalue weighted by molar-refractivity contribution is 5.99. The molecule has 0 spiro atoms. The van der Waals surface area contributed by atoms with E-state index < -0.39 is 5.54 Å². The lowest BCUT2D eigenvalue weighted by Gasteiger charge is -2.28. The molecule has 1 aliphatic carbocycles. The average Bonchev–Trinajstić information content (AvgIpc) is 3.12. The summed E-state index contributed by atoms with van der Waals surface area (Å²) >= 11 is 0. The van der Waals surface area contributed by atoms with Crippen molar-refractivity contribution in [3.05, 3.63) is 60.2 Å². The number of para-hydroxylation sites is 1. The van der Waals surface area contributed by atoms with E-state index in [2.05, 4.69) is 10.6 Å². The molecular weight excluding hydrogens is 316 g/mol. The van der Waals surface area contributed by atoms with Crippen LogP contribution in [0.2, 0.25) is 0 Å². The highest BCUT2D eigenvalue weighted by Crippen LogP contribution is 2.30. The molecule has 2 aromatic carbocycles. The van der Waals surface area contributed by atoms with Gasteiger partial charge in [0.05, 0.1) is 0 Å². The Bertz CT molecular complexity index is 735. The first-order valence-electron chi connectivity index (χ1n) is 8.51. The van der Waals surface area contributed by atoms with Crippen molar-refractivity contribution in [3.63, 3.8) is 0 Å². The number of hydrogen-bond acceptors (Lipinski definition) is 3. The lowest BCUT2D eigenvalue weighted by molar-refractivity contribution is -0.126. The van der Waals surface area contributed by atoms with Crippen molar-refractivity contribution in [3.8, 4) is 11.5 Å². The van der Waals surface area contributed by atoms with Gasteiger partial charge in [0, 0.05) is 12.6 Å². The minimum atomic E-state index is -0.787. The highest BCUT2D eigenvalue weighted by Gasteiger charge is 2.41. The van der Waals surface area contributed by atoms with Gasteiger partial charge in [0.1, 0.15) is 17.0 Å². The second-order valence-corrected chi connectivity index (χ2v) is 6.26. The minimum Gasteiger partial charge on any atom is -0.457 e. The summed E-state index contributed by atoms with van der Waals surface area (Å²) in [6.45, 7) is 0. The zero-order valence-electron chi connectivity index (χ0n) is 14.2. The summed E-state index contributed by atoms with van der Waals surface area (Å²) in [6, 6.07) is 16.4. The monoisotopic (exact) mass is 338 g/mol. The summed E-state index contributed by atoms with van der Waals surface area (Å²) < 4.78 is 5.73. The Morgan fingerprint density at radius 1 is 0.920 bits per heavy atom. The molecule has 0 radical (unpaired) electrons.